The number of hydrogen-bond donors (Lipinski definition) is 0. The molecule has 0 saturated heterocycles. The lowest BCUT2D eigenvalue weighted by Gasteiger charge is -2.15. The van der Waals surface area contributed by atoms with Crippen molar-refractivity contribution in [3.05, 3.63) is 34.4 Å². The highest BCUT2D eigenvalue weighted by Crippen LogP contribution is 2.38. The first kappa shape index (κ1) is 18.4. The van der Waals surface area contributed by atoms with Crippen LogP contribution in [-0.4, -0.2) is 20.5 Å². The van der Waals surface area contributed by atoms with Crippen molar-refractivity contribution in [2.45, 2.75) is 86.8 Å². The van der Waals surface area contributed by atoms with Crippen molar-refractivity contribution >= 4 is 23.5 Å². The second-order valence-corrected chi connectivity index (χ2v) is 11.1. The van der Waals surface area contributed by atoms with Crippen LogP contribution in [0.4, 0.5) is 0 Å². The van der Waals surface area contributed by atoms with E-state index in [4.69, 9.17) is 9.97 Å². The van der Waals surface area contributed by atoms with Crippen molar-refractivity contribution < 1.29 is 0 Å². The van der Waals surface area contributed by atoms with Gasteiger partial charge in [0, 0.05) is 10.5 Å². The second-order valence-electron chi connectivity index (χ2n) is 7.94. The molecule has 2 aromatic rings. The van der Waals surface area contributed by atoms with Crippen molar-refractivity contribution in [2.24, 2.45) is 0 Å². The minimum atomic E-state index is 0.558. The first-order valence-corrected chi connectivity index (χ1v) is 11.7. The molecule has 0 radical (unpaired) electrons. The van der Waals surface area contributed by atoms with Crippen LogP contribution in [0, 0.1) is 0 Å². The number of aromatic nitrogens is 2. The monoisotopic (exact) mass is 384 g/mol. The molecule has 4 rings (SSSR count). The van der Waals surface area contributed by atoms with Crippen molar-refractivity contribution in [3.63, 3.8) is 0 Å². The quantitative estimate of drug-likeness (QED) is 0.580. The maximum atomic E-state index is 5.09. The fourth-order valence-corrected chi connectivity index (χ4v) is 5.94. The molecule has 2 nitrogen and oxygen atoms in total. The Bertz CT molecular complexity index is 758. The molecule has 0 spiro atoms. The number of nitrogens with zero attached hydrogens (tertiary/aromatic N) is 2. The summed E-state index contributed by atoms with van der Waals surface area (Å²) in [5.74, 6) is 0. The summed E-state index contributed by atoms with van der Waals surface area (Å²) in [7, 11) is 0. The minimum Gasteiger partial charge on any atom is -0.240 e. The summed E-state index contributed by atoms with van der Waals surface area (Å²) in [6.45, 7) is 9.02. The van der Waals surface area contributed by atoms with Gasteiger partial charge in [0.1, 0.15) is 10.1 Å². The molecule has 0 amide bonds. The Labute approximate surface area is 166 Å². The van der Waals surface area contributed by atoms with Gasteiger partial charge in [0.15, 0.2) is 0 Å². The van der Waals surface area contributed by atoms with Gasteiger partial charge < -0.3 is 0 Å². The third kappa shape index (κ3) is 3.68. The molecule has 0 unspecified atom stereocenters. The van der Waals surface area contributed by atoms with E-state index < -0.39 is 0 Å². The van der Waals surface area contributed by atoms with Gasteiger partial charge in [-0.15, -0.1) is 23.5 Å². The third-order valence-electron chi connectivity index (χ3n) is 5.06. The molecular weight excluding hydrogens is 356 g/mol. The molecule has 0 fully saturated rings. The van der Waals surface area contributed by atoms with Gasteiger partial charge >= 0.3 is 0 Å². The van der Waals surface area contributed by atoms with Crippen LogP contribution in [0.2, 0.25) is 0 Å². The van der Waals surface area contributed by atoms with Crippen LogP contribution in [0.5, 0.6) is 0 Å². The highest BCUT2D eigenvalue weighted by atomic mass is 32.2. The zero-order valence-electron chi connectivity index (χ0n) is 16.3. The number of thioether (sulfide) groups is 2. The average Bonchev–Trinajstić information content (AvgIpc) is 3.22. The largest absolute Gasteiger partial charge is 0.240 e. The molecule has 0 aliphatic heterocycles. The fraction of sp³-hybridized carbons (Fsp3) is 0.545. The Kier molecular flexibility index (Phi) is 5.34. The summed E-state index contributed by atoms with van der Waals surface area (Å²) in [4.78, 5) is 10.2. The van der Waals surface area contributed by atoms with Crippen molar-refractivity contribution in [1.82, 2.24) is 9.97 Å². The predicted molar refractivity (Wildman–Crippen MR) is 114 cm³/mol. The average molecular weight is 385 g/mol. The molecule has 138 valence electrons. The van der Waals surface area contributed by atoms with Crippen LogP contribution in [-0.2, 0) is 25.7 Å². The molecule has 2 aliphatic rings. The molecule has 0 N–H and O–H groups in total. The highest BCUT2D eigenvalue weighted by molar-refractivity contribution is 8.00. The second kappa shape index (κ2) is 7.55. The van der Waals surface area contributed by atoms with Gasteiger partial charge in [0.05, 0.1) is 11.4 Å². The summed E-state index contributed by atoms with van der Waals surface area (Å²) >= 11 is 3.82. The molecule has 0 saturated carbocycles. The number of fused-ring (bicyclic) bond motifs is 2. The van der Waals surface area contributed by atoms with Gasteiger partial charge in [0.2, 0.25) is 0 Å². The van der Waals surface area contributed by atoms with Crippen LogP contribution in [0.15, 0.2) is 22.2 Å². The minimum absolute atomic E-state index is 0.558. The molecular formula is C22H28N2S2. The van der Waals surface area contributed by atoms with Gasteiger partial charge in [-0.3, -0.25) is 0 Å². The van der Waals surface area contributed by atoms with Gasteiger partial charge in [0.25, 0.3) is 0 Å². The lowest BCUT2D eigenvalue weighted by molar-refractivity contribution is 0.897. The summed E-state index contributed by atoms with van der Waals surface area (Å²) in [5.41, 5.74) is 8.14. The first-order chi connectivity index (χ1) is 12.5. The van der Waals surface area contributed by atoms with Crippen LogP contribution >= 0.6 is 23.5 Å². The molecule has 2 heterocycles. The van der Waals surface area contributed by atoms with Crippen LogP contribution < -0.4 is 0 Å². The standard InChI is InChI=1S/C22H28N2S2/c1-13(2)25-21-17-9-5-7-15(17)11-19(23-21)20-12-16-8-6-10-18(16)22(24-20)26-14(3)4/h11-14H,5-10H2,1-4H3. The lowest BCUT2D eigenvalue weighted by Crippen LogP contribution is -2.01. The first-order valence-electron chi connectivity index (χ1n) is 9.90. The maximum absolute atomic E-state index is 5.09. The van der Waals surface area contributed by atoms with E-state index in [1.807, 2.05) is 23.5 Å². The van der Waals surface area contributed by atoms with Crippen molar-refractivity contribution in [3.8, 4) is 11.4 Å². The van der Waals surface area contributed by atoms with Crippen molar-refractivity contribution in [2.75, 3.05) is 0 Å². The molecule has 0 aromatic carbocycles. The van der Waals surface area contributed by atoms with E-state index in [1.54, 1.807) is 0 Å². The molecule has 26 heavy (non-hydrogen) atoms. The Morgan fingerprint density at radius 3 is 1.50 bits per heavy atom. The van der Waals surface area contributed by atoms with E-state index in [0.29, 0.717) is 10.5 Å². The molecule has 2 aliphatic carbocycles. The zero-order valence-corrected chi connectivity index (χ0v) is 17.9. The summed E-state index contributed by atoms with van der Waals surface area (Å²) < 4.78 is 0. The molecule has 0 bridgehead atoms. The lowest BCUT2D eigenvalue weighted by atomic mass is 10.1. The van der Waals surface area contributed by atoms with E-state index in [0.717, 1.165) is 11.4 Å². The Morgan fingerprint density at radius 2 is 1.12 bits per heavy atom. The number of hydrogen-bond acceptors (Lipinski definition) is 4. The highest BCUT2D eigenvalue weighted by Gasteiger charge is 2.23. The van der Waals surface area contributed by atoms with Crippen molar-refractivity contribution in [1.29, 1.82) is 0 Å². The normalized spacial score (nSPS) is 15.8. The van der Waals surface area contributed by atoms with Gasteiger partial charge in [-0.25, -0.2) is 9.97 Å². The number of rotatable bonds is 5. The van der Waals surface area contributed by atoms with Gasteiger partial charge in [-0.2, -0.15) is 0 Å². The maximum Gasteiger partial charge on any atom is 0.100 e. The topological polar surface area (TPSA) is 25.8 Å². The Balaban J connectivity index is 1.80. The summed E-state index contributed by atoms with van der Waals surface area (Å²) in [6.07, 6.45) is 7.27. The molecule has 2 aromatic heterocycles. The number of pyridine rings is 2. The SMILES string of the molecule is CC(C)Sc1nc(-c2cc3c(c(SC(C)C)n2)CCC3)cc2c1CCC2. The van der Waals surface area contributed by atoms with E-state index in [2.05, 4.69) is 39.8 Å². The van der Waals surface area contributed by atoms with E-state index in [9.17, 15) is 0 Å². The van der Waals surface area contributed by atoms with E-state index in [-0.39, 0.29) is 0 Å². The Morgan fingerprint density at radius 1 is 0.692 bits per heavy atom. The molecule has 0 atom stereocenters. The van der Waals surface area contributed by atoms with Crippen LogP contribution in [0.25, 0.3) is 11.4 Å². The van der Waals surface area contributed by atoms with E-state index in [1.165, 1.54) is 70.8 Å². The van der Waals surface area contributed by atoms with Crippen LogP contribution in [0.1, 0.15) is 62.8 Å². The fourth-order valence-electron chi connectivity index (χ4n) is 3.99. The van der Waals surface area contributed by atoms with Gasteiger partial charge in [-0.05, 0) is 72.9 Å². The zero-order chi connectivity index (χ0) is 18.3. The smallest absolute Gasteiger partial charge is 0.100 e. The van der Waals surface area contributed by atoms with Gasteiger partial charge in [-0.1, -0.05) is 27.7 Å². The number of aryl methyl sites for hydroxylation is 2. The summed E-state index contributed by atoms with van der Waals surface area (Å²) in [6, 6.07) is 4.64. The summed E-state index contributed by atoms with van der Waals surface area (Å²) in [5, 5.41) is 3.60. The predicted octanol–water partition coefficient (Wildman–Crippen LogP) is 6.12. The third-order valence-corrected chi connectivity index (χ3v) is 7.13. The Hall–Kier alpha value is -1.00. The van der Waals surface area contributed by atoms with E-state index >= 15 is 0 Å². The van der Waals surface area contributed by atoms with Crippen LogP contribution in [0.3, 0.4) is 0 Å². The molecule has 4 heteroatoms.